The van der Waals surface area contributed by atoms with Gasteiger partial charge in [0.2, 0.25) is 0 Å². The van der Waals surface area contributed by atoms with Gasteiger partial charge in [0.05, 0.1) is 4.92 Å². The van der Waals surface area contributed by atoms with E-state index in [1.165, 1.54) is 12.1 Å². The van der Waals surface area contributed by atoms with Gasteiger partial charge >= 0.3 is 0 Å². The Hall–Kier alpha value is -1.16. The second-order valence-electron chi connectivity index (χ2n) is 4.99. The van der Waals surface area contributed by atoms with Crippen molar-refractivity contribution in [1.82, 2.24) is 0 Å². The molecule has 0 aromatic heterocycles. The Morgan fingerprint density at radius 2 is 2.00 bits per heavy atom. The number of nitrogens with zero attached hydrogens (tertiary/aromatic N) is 1. The Labute approximate surface area is 91.3 Å². The van der Waals surface area contributed by atoms with Crippen LogP contribution in [0.3, 0.4) is 0 Å². The van der Waals surface area contributed by atoms with E-state index in [9.17, 15) is 10.1 Å². The molecule has 15 heavy (non-hydrogen) atoms. The third kappa shape index (κ3) is 4.25. The van der Waals surface area contributed by atoms with Crippen LogP contribution in [0.4, 0.5) is 5.69 Å². The molecule has 0 heterocycles. The maximum absolute atomic E-state index is 10.6. The van der Waals surface area contributed by atoms with Crippen molar-refractivity contribution in [2.75, 3.05) is 0 Å². The number of rotatable bonds is 4. The summed E-state index contributed by atoms with van der Waals surface area (Å²) in [6, 6.07) is 8.12. The molecule has 0 aliphatic rings. The normalized spacial score (nSPS) is 11.4. The van der Waals surface area contributed by atoms with E-state index < -0.39 is 8.07 Å². The van der Waals surface area contributed by atoms with Gasteiger partial charge in [0, 0.05) is 20.2 Å². The molecule has 0 spiro atoms. The third-order valence-electron chi connectivity index (χ3n) is 2.29. The predicted molar refractivity (Wildman–Crippen MR) is 65.0 cm³/mol. The maximum Gasteiger partial charge on any atom is 0.269 e. The van der Waals surface area contributed by atoms with Crippen LogP contribution in [0.15, 0.2) is 24.3 Å². The molecule has 0 saturated carbocycles. The van der Waals surface area contributed by atoms with E-state index in [-0.39, 0.29) is 10.6 Å². The lowest BCUT2D eigenvalue weighted by Crippen LogP contribution is -2.19. The standard InChI is InChI=1S/C11H17NO2Si/c1-15(2,3)8-7-10-5-4-6-11(9-10)12(13)14/h4-6,9H,7-8H2,1-3H3. The van der Waals surface area contributed by atoms with Crippen LogP contribution in [-0.2, 0) is 6.42 Å². The van der Waals surface area contributed by atoms with Crippen LogP contribution in [0.2, 0.25) is 25.7 Å². The van der Waals surface area contributed by atoms with Crippen LogP contribution >= 0.6 is 0 Å². The average Bonchev–Trinajstić information content (AvgIpc) is 2.14. The number of non-ortho nitro benzene ring substituents is 1. The van der Waals surface area contributed by atoms with Crippen LogP contribution in [0.25, 0.3) is 0 Å². The van der Waals surface area contributed by atoms with Gasteiger partial charge in [-0.05, 0) is 12.0 Å². The monoisotopic (exact) mass is 223 g/mol. The zero-order chi connectivity index (χ0) is 11.5. The topological polar surface area (TPSA) is 43.1 Å². The molecule has 1 aromatic rings. The molecular weight excluding hydrogens is 206 g/mol. The van der Waals surface area contributed by atoms with Gasteiger partial charge in [-0.1, -0.05) is 37.8 Å². The Balaban J connectivity index is 2.70. The first kappa shape index (κ1) is 11.9. The molecule has 0 aliphatic carbocycles. The smallest absolute Gasteiger partial charge is 0.258 e. The van der Waals surface area contributed by atoms with Crippen molar-refractivity contribution in [2.45, 2.75) is 32.1 Å². The predicted octanol–water partition coefficient (Wildman–Crippen LogP) is 3.48. The molecule has 3 nitrogen and oxygen atoms in total. The minimum atomic E-state index is -1.05. The van der Waals surface area contributed by atoms with Crippen molar-refractivity contribution < 1.29 is 4.92 Å². The van der Waals surface area contributed by atoms with E-state index in [2.05, 4.69) is 19.6 Å². The molecule has 0 atom stereocenters. The number of aryl methyl sites for hydroxylation is 1. The molecule has 0 aliphatic heterocycles. The second-order valence-corrected chi connectivity index (χ2v) is 10.6. The number of hydrogen-bond acceptors (Lipinski definition) is 2. The number of benzene rings is 1. The summed E-state index contributed by atoms with van der Waals surface area (Å²) >= 11 is 0. The summed E-state index contributed by atoms with van der Waals surface area (Å²) in [4.78, 5) is 10.2. The molecule has 0 fully saturated rings. The molecule has 1 rings (SSSR count). The fraction of sp³-hybridized carbons (Fsp3) is 0.455. The van der Waals surface area contributed by atoms with Crippen LogP contribution in [0.5, 0.6) is 0 Å². The van der Waals surface area contributed by atoms with Crippen LogP contribution in [0, 0.1) is 10.1 Å². The quantitative estimate of drug-likeness (QED) is 0.445. The fourth-order valence-electron chi connectivity index (χ4n) is 1.34. The van der Waals surface area contributed by atoms with Gasteiger partial charge in [-0.3, -0.25) is 10.1 Å². The van der Waals surface area contributed by atoms with Crippen molar-refractivity contribution in [2.24, 2.45) is 0 Å². The Bertz CT molecular complexity index is 358. The molecule has 0 radical (unpaired) electrons. The molecular formula is C11H17NO2Si. The SMILES string of the molecule is C[Si](C)(C)CCc1cccc([N+](=O)[O-])c1. The van der Waals surface area contributed by atoms with Crippen molar-refractivity contribution >= 4 is 13.8 Å². The maximum atomic E-state index is 10.6. The zero-order valence-electron chi connectivity index (χ0n) is 9.49. The van der Waals surface area contributed by atoms with E-state index >= 15 is 0 Å². The Kier molecular flexibility index (Phi) is 3.63. The van der Waals surface area contributed by atoms with Gasteiger partial charge in [-0.25, -0.2) is 0 Å². The number of hydrogen-bond donors (Lipinski definition) is 0. The molecule has 82 valence electrons. The van der Waals surface area contributed by atoms with Crippen molar-refractivity contribution in [3.63, 3.8) is 0 Å². The molecule has 1 aromatic carbocycles. The molecule has 0 unspecified atom stereocenters. The highest BCUT2D eigenvalue weighted by Gasteiger charge is 2.13. The van der Waals surface area contributed by atoms with Crippen molar-refractivity contribution in [3.8, 4) is 0 Å². The molecule has 0 amide bonds. The summed E-state index contributed by atoms with van der Waals surface area (Å²) < 4.78 is 0. The minimum absolute atomic E-state index is 0.197. The first-order chi connectivity index (χ1) is 6.88. The lowest BCUT2D eigenvalue weighted by Gasteiger charge is -2.14. The third-order valence-corrected chi connectivity index (χ3v) is 4.04. The summed E-state index contributed by atoms with van der Waals surface area (Å²) in [6.45, 7) is 6.93. The Morgan fingerprint density at radius 1 is 1.33 bits per heavy atom. The van der Waals surface area contributed by atoms with Crippen LogP contribution < -0.4 is 0 Å². The number of nitro benzene ring substituents is 1. The number of nitro groups is 1. The van der Waals surface area contributed by atoms with Gasteiger partial charge < -0.3 is 0 Å². The highest BCUT2D eigenvalue weighted by molar-refractivity contribution is 6.76. The van der Waals surface area contributed by atoms with Gasteiger partial charge in [0.1, 0.15) is 0 Å². The minimum Gasteiger partial charge on any atom is -0.258 e. The lowest BCUT2D eigenvalue weighted by atomic mass is 10.1. The molecule has 0 bridgehead atoms. The van der Waals surface area contributed by atoms with Gasteiger partial charge in [0.15, 0.2) is 0 Å². The van der Waals surface area contributed by atoms with Gasteiger partial charge in [0.25, 0.3) is 5.69 Å². The fourth-order valence-corrected chi connectivity index (χ4v) is 2.38. The summed E-state index contributed by atoms with van der Waals surface area (Å²) in [5.41, 5.74) is 1.27. The van der Waals surface area contributed by atoms with E-state index in [0.29, 0.717) is 0 Å². The largest absolute Gasteiger partial charge is 0.269 e. The highest BCUT2D eigenvalue weighted by Crippen LogP contribution is 2.17. The average molecular weight is 223 g/mol. The van der Waals surface area contributed by atoms with Crippen molar-refractivity contribution in [1.29, 1.82) is 0 Å². The van der Waals surface area contributed by atoms with E-state index in [0.717, 1.165) is 12.0 Å². The first-order valence-electron chi connectivity index (χ1n) is 5.12. The highest BCUT2D eigenvalue weighted by atomic mass is 28.3. The zero-order valence-corrected chi connectivity index (χ0v) is 10.5. The summed E-state index contributed by atoms with van der Waals surface area (Å²) in [7, 11) is -1.05. The van der Waals surface area contributed by atoms with Gasteiger partial charge in [-0.15, -0.1) is 0 Å². The first-order valence-corrected chi connectivity index (χ1v) is 8.82. The van der Waals surface area contributed by atoms with E-state index in [1.54, 1.807) is 12.1 Å². The summed E-state index contributed by atoms with van der Waals surface area (Å²) in [6.07, 6.45) is 0.956. The van der Waals surface area contributed by atoms with Crippen molar-refractivity contribution in [3.05, 3.63) is 39.9 Å². The lowest BCUT2D eigenvalue weighted by molar-refractivity contribution is -0.384. The summed E-state index contributed by atoms with van der Waals surface area (Å²) in [5, 5.41) is 10.6. The van der Waals surface area contributed by atoms with E-state index in [4.69, 9.17) is 0 Å². The molecule has 0 N–H and O–H groups in total. The van der Waals surface area contributed by atoms with E-state index in [1.807, 2.05) is 6.07 Å². The Morgan fingerprint density at radius 3 is 2.53 bits per heavy atom. The second kappa shape index (κ2) is 4.57. The molecule has 4 heteroatoms. The molecule has 0 saturated heterocycles. The van der Waals surface area contributed by atoms with Crippen LogP contribution in [0.1, 0.15) is 5.56 Å². The summed E-state index contributed by atoms with van der Waals surface area (Å²) in [5.74, 6) is 0. The van der Waals surface area contributed by atoms with Crippen LogP contribution in [-0.4, -0.2) is 13.0 Å². The van der Waals surface area contributed by atoms with Gasteiger partial charge in [-0.2, -0.15) is 0 Å².